The van der Waals surface area contributed by atoms with Crippen molar-refractivity contribution in [3.8, 4) is 5.75 Å². The number of hydrogen-bond acceptors (Lipinski definition) is 3. The first-order valence-corrected chi connectivity index (χ1v) is 7.25. The molecule has 3 heteroatoms. The first-order chi connectivity index (χ1) is 9.24. The lowest BCUT2D eigenvalue weighted by atomic mass is 9.92. The maximum atomic E-state index is 12.2. The molecule has 1 fully saturated rings. The number of nitrogens with one attached hydrogen (secondary N) is 1. The van der Waals surface area contributed by atoms with Gasteiger partial charge >= 0.3 is 0 Å². The molecule has 0 aliphatic carbocycles. The highest BCUT2D eigenvalue weighted by Gasteiger charge is 2.28. The van der Waals surface area contributed by atoms with Crippen LogP contribution in [0.2, 0.25) is 0 Å². The second-order valence-corrected chi connectivity index (χ2v) is 5.64. The van der Waals surface area contributed by atoms with Crippen molar-refractivity contribution < 1.29 is 9.53 Å². The van der Waals surface area contributed by atoms with Crippen LogP contribution in [0.5, 0.6) is 5.75 Å². The van der Waals surface area contributed by atoms with E-state index in [9.17, 15) is 4.79 Å². The van der Waals surface area contributed by atoms with Gasteiger partial charge in [0.1, 0.15) is 11.5 Å². The molecule has 0 radical (unpaired) electrons. The number of rotatable bonds is 4. The molecule has 3 nitrogen and oxygen atoms in total. The van der Waals surface area contributed by atoms with Gasteiger partial charge in [-0.2, -0.15) is 0 Å². The number of Topliss-reactive ketones (excluding diaryl/α,β-unsaturated/α-hetero) is 1. The highest BCUT2D eigenvalue weighted by molar-refractivity contribution is 5.82. The van der Waals surface area contributed by atoms with Gasteiger partial charge in [-0.1, -0.05) is 12.1 Å². The summed E-state index contributed by atoms with van der Waals surface area (Å²) in [4.78, 5) is 12.2. The van der Waals surface area contributed by atoms with Gasteiger partial charge in [-0.15, -0.1) is 0 Å². The maximum Gasteiger partial charge on any atom is 0.137 e. The van der Waals surface area contributed by atoms with E-state index in [0.717, 1.165) is 38.2 Å². The van der Waals surface area contributed by atoms with Crippen LogP contribution in [0, 0.1) is 5.92 Å². The summed E-state index contributed by atoms with van der Waals surface area (Å²) in [6.07, 6.45) is 3.52. The maximum absolute atomic E-state index is 12.2. The molecule has 102 valence electrons. The summed E-state index contributed by atoms with van der Waals surface area (Å²) >= 11 is 0. The molecule has 2 aliphatic rings. The third-order valence-corrected chi connectivity index (χ3v) is 4.35. The van der Waals surface area contributed by atoms with Crippen LogP contribution in [-0.4, -0.2) is 25.0 Å². The molecular weight excluding hydrogens is 238 g/mol. The number of ether oxygens (including phenoxy) is 1. The van der Waals surface area contributed by atoms with Crippen LogP contribution in [0.4, 0.5) is 0 Å². The van der Waals surface area contributed by atoms with E-state index < -0.39 is 0 Å². The summed E-state index contributed by atoms with van der Waals surface area (Å²) in [5.41, 5.74) is 2.55. The molecule has 2 unspecified atom stereocenters. The Morgan fingerprint density at radius 3 is 3.16 bits per heavy atom. The van der Waals surface area contributed by atoms with Gasteiger partial charge in [0, 0.05) is 24.8 Å². The Kier molecular flexibility index (Phi) is 3.56. The van der Waals surface area contributed by atoms with Gasteiger partial charge in [-0.05, 0) is 43.5 Å². The highest BCUT2D eigenvalue weighted by Crippen LogP contribution is 2.26. The van der Waals surface area contributed by atoms with Crippen molar-refractivity contribution in [2.24, 2.45) is 5.92 Å². The van der Waals surface area contributed by atoms with Gasteiger partial charge in [0.2, 0.25) is 0 Å². The van der Waals surface area contributed by atoms with Gasteiger partial charge < -0.3 is 10.1 Å². The first kappa shape index (κ1) is 12.7. The number of fused-ring (bicyclic) bond motifs is 1. The van der Waals surface area contributed by atoms with Gasteiger partial charge in [0.05, 0.1) is 6.61 Å². The molecule has 3 rings (SSSR count). The van der Waals surface area contributed by atoms with Crippen LogP contribution in [0.1, 0.15) is 30.9 Å². The van der Waals surface area contributed by atoms with E-state index in [0.29, 0.717) is 18.2 Å². The third-order valence-electron chi connectivity index (χ3n) is 4.35. The lowest BCUT2D eigenvalue weighted by molar-refractivity contribution is -0.122. The number of hydrogen-bond donors (Lipinski definition) is 1. The molecule has 2 aliphatic heterocycles. The van der Waals surface area contributed by atoms with Crippen LogP contribution in [-0.2, 0) is 17.6 Å². The Hall–Kier alpha value is -1.35. The van der Waals surface area contributed by atoms with Gasteiger partial charge in [0.15, 0.2) is 0 Å². The molecule has 0 amide bonds. The largest absolute Gasteiger partial charge is 0.493 e. The minimum absolute atomic E-state index is 0.220. The summed E-state index contributed by atoms with van der Waals surface area (Å²) in [6, 6.07) is 6.68. The summed E-state index contributed by atoms with van der Waals surface area (Å²) in [7, 11) is 0. The van der Waals surface area contributed by atoms with E-state index in [1.165, 1.54) is 11.1 Å². The van der Waals surface area contributed by atoms with Crippen LogP contribution in [0.3, 0.4) is 0 Å². The molecule has 1 N–H and O–H groups in total. The first-order valence-electron chi connectivity index (χ1n) is 7.25. The van der Waals surface area contributed by atoms with Crippen molar-refractivity contribution in [3.05, 3.63) is 29.3 Å². The van der Waals surface area contributed by atoms with E-state index in [2.05, 4.69) is 24.4 Å². The number of benzene rings is 1. The Morgan fingerprint density at radius 1 is 1.47 bits per heavy atom. The van der Waals surface area contributed by atoms with Crippen molar-refractivity contribution >= 4 is 5.78 Å². The predicted molar refractivity (Wildman–Crippen MR) is 74.5 cm³/mol. The molecular formula is C16H21NO2. The number of ketones is 1. The quantitative estimate of drug-likeness (QED) is 0.900. The summed E-state index contributed by atoms with van der Waals surface area (Å²) in [5.74, 6) is 1.65. The molecule has 1 saturated heterocycles. The minimum atomic E-state index is 0.220. The molecule has 0 bridgehead atoms. The van der Waals surface area contributed by atoms with Crippen molar-refractivity contribution in [1.29, 1.82) is 0 Å². The Labute approximate surface area is 114 Å². The summed E-state index contributed by atoms with van der Waals surface area (Å²) in [6.45, 7) is 3.89. The fraction of sp³-hybridized carbons (Fsp3) is 0.562. The normalized spacial score (nSPS) is 25.1. The Morgan fingerprint density at radius 2 is 2.37 bits per heavy atom. The molecule has 2 heterocycles. The zero-order valence-corrected chi connectivity index (χ0v) is 11.4. The van der Waals surface area contributed by atoms with Crippen LogP contribution >= 0.6 is 0 Å². The van der Waals surface area contributed by atoms with E-state index in [1.54, 1.807) is 0 Å². The van der Waals surface area contributed by atoms with E-state index >= 15 is 0 Å². The van der Waals surface area contributed by atoms with Crippen LogP contribution in [0.25, 0.3) is 0 Å². The molecule has 19 heavy (non-hydrogen) atoms. The Bertz CT molecular complexity index is 484. The zero-order valence-electron chi connectivity index (χ0n) is 11.4. The molecule has 2 atom stereocenters. The molecule has 1 aromatic rings. The second-order valence-electron chi connectivity index (χ2n) is 5.64. The van der Waals surface area contributed by atoms with Crippen molar-refractivity contribution in [2.45, 2.75) is 38.6 Å². The lowest BCUT2D eigenvalue weighted by Crippen LogP contribution is -2.28. The Balaban J connectivity index is 1.58. The average Bonchev–Trinajstić information content (AvgIpc) is 3.03. The van der Waals surface area contributed by atoms with Crippen molar-refractivity contribution in [3.63, 3.8) is 0 Å². The molecule has 1 aromatic carbocycles. The third kappa shape index (κ3) is 2.66. The second kappa shape index (κ2) is 5.33. The number of carbonyl (C=O) groups excluding carboxylic acids is 1. The van der Waals surface area contributed by atoms with E-state index in [-0.39, 0.29) is 5.92 Å². The SMILES string of the molecule is CC1NCCC1C(=O)CCc1ccc2c(c1)CCO2. The van der Waals surface area contributed by atoms with Crippen LogP contribution in [0.15, 0.2) is 18.2 Å². The average molecular weight is 259 g/mol. The van der Waals surface area contributed by atoms with Gasteiger partial charge in [0.25, 0.3) is 0 Å². The molecule has 0 saturated carbocycles. The smallest absolute Gasteiger partial charge is 0.137 e. The fourth-order valence-corrected chi connectivity index (χ4v) is 3.15. The standard InChI is InChI=1S/C16H21NO2/c1-11-14(6-8-17-11)15(18)4-2-12-3-5-16-13(10-12)7-9-19-16/h3,5,10-11,14,17H,2,4,6-9H2,1H3. The molecule has 0 aromatic heterocycles. The van der Waals surface area contributed by atoms with Gasteiger partial charge in [-0.3, -0.25) is 4.79 Å². The zero-order chi connectivity index (χ0) is 13.2. The fourth-order valence-electron chi connectivity index (χ4n) is 3.15. The van der Waals surface area contributed by atoms with E-state index in [4.69, 9.17) is 4.74 Å². The van der Waals surface area contributed by atoms with Gasteiger partial charge in [-0.25, -0.2) is 0 Å². The predicted octanol–water partition coefficient (Wildman–Crippen LogP) is 2.12. The number of aryl methyl sites for hydroxylation is 1. The van der Waals surface area contributed by atoms with Crippen LogP contribution < -0.4 is 10.1 Å². The van der Waals surface area contributed by atoms with Crippen molar-refractivity contribution in [2.75, 3.05) is 13.2 Å². The lowest BCUT2D eigenvalue weighted by Gasteiger charge is -2.13. The highest BCUT2D eigenvalue weighted by atomic mass is 16.5. The summed E-state index contributed by atoms with van der Waals surface area (Å²) < 4.78 is 5.50. The number of carbonyl (C=O) groups is 1. The van der Waals surface area contributed by atoms with E-state index in [1.807, 2.05) is 6.07 Å². The minimum Gasteiger partial charge on any atom is -0.493 e. The topological polar surface area (TPSA) is 38.3 Å². The molecule has 0 spiro atoms. The summed E-state index contributed by atoms with van der Waals surface area (Å²) in [5, 5.41) is 3.35. The van der Waals surface area contributed by atoms with Crippen molar-refractivity contribution in [1.82, 2.24) is 5.32 Å². The monoisotopic (exact) mass is 259 g/mol.